The second-order valence-corrected chi connectivity index (χ2v) is 6.93. The zero-order valence-corrected chi connectivity index (χ0v) is 14.8. The Balaban J connectivity index is 1.65. The van der Waals surface area contributed by atoms with E-state index in [0.717, 1.165) is 38.4 Å². The lowest BCUT2D eigenvalue weighted by Crippen LogP contribution is -2.53. The Morgan fingerprint density at radius 3 is 2.67 bits per heavy atom. The van der Waals surface area contributed by atoms with Crippen LogP contribution in [-0.2, 0) is 11.3 Å². The predicted molar refractivity (Wildman–Crippen MR) is 94.9 cm³/mol. The molecule has 1 amide bonds. The number of ether oxygens (including phenoxy) is 1. The first-order valence-electron chi connectivity index (χ1n) is 8.91. The van der Waals surface area contributed by atoms with E-state index in [4.69, 9.17) is 9.84 Å². The minimum Gasteiger partial charge on any atom is -0.494 e. The largest absolute Gasteiger partial charge is 0.494 e. The molecule has 0 aliphatic carbocycles. The molecule has 0 bridgehead atoms. The van der Waals surface area contributed by atoms with Gasteiger partial charge in [-0.05, 0) is 36.5 Å². The Hall–Kier alpha value is -1.59. The molecule has 1 aromatic carbocycles. The second kappa shape index (κ2) is 9.64. The van der Waals surface area contributed by atoms with Crippen LogP contribution in [0, 0.1) is 11.8 Å². The fraction of sp³-hybridized carbons (Fsp3) is 0.632. The summed E-state index contributed by atoms with van der Waals surface area (Å²) >= 11 is 0. The number of amides is 1. The summed E-state index contributed by atoms with van der Waals surface area (Å²) in [5.74, 6) is 1.77. The maximum atomic E-state index is 11.9. The monoisotopic (exact) mass is 334 g/mol. The first-order chi connectivity index (χ1) is 11.6. The lowest BCUT2D eigenvalue weighted by molar-refractivity contribution is -0.130. The van der Waals surface area contributed by atoms with E-state index in [1.54, 1.807) is 0 Å². The fourth-order valence-electron chi connectivity index (χ4n) is 2.66. The highest BCUT2D eigenvalue weighted by atomic mass is 16.5. The lowest BCUT2D eigenvalue weighted by Gasteiger charge is -2.38. The van der Waals surface area contributed by atoms with E-state index in [0.29, 0.717) is 18.9 Å². The first kappa shape index (κ1) is 18.7. The van der Waals surface area contributed by atoms with E-state index in [-0.39, 0.29) is 18.4 Å². The molecule has 1 aliphatic rings. The topological polar surface area (TPSA) is 61.8 Å². The quantitative estimate of drug-likeness (QED) is 0.643. The Bertz CT molecular complexity index is 496. The van der Waals surface area contributed by atoms with E-state index >= 15 is 0 Å². The van der Waals surface area contributed by atoms with Gasteiger partial charge in [0, 0.05) is 32.8 Å². The Labute approximate surface area is 145 Å². The number of rotatable bonds is 10. The fourth-order valence-corrected chi connectivity index (χ4v) is 2.66. The van der Waals surface area contributed by atoms with Gasteiger partial charge in [0.05, 0.1) is 12.5 Å². The maximum Gasteiger partial charge on any atom is 0.225 e. The van der Waals surface area contributed by atoms with Crippen LogP contribution < -0.4 is 10.1 Å². The van der Waals surface area contributed by atoms with Crippen molar-refractivity contribution in [3.05, 3.63) is 29.8 Å². The average Bonchev–Trinajstić information content (AvgIpc) is 2.51. The van der Waals surface area contributed by atoms with Crippen molar-refractivity contribution >= 4 is 5.91 Å². The molecule has 2 N–H and O–H groups in total. The molecule has 0 atom stereocenters. The van der Waals surface area contributed by atoms with Gasteiger partial charge in [0.1, 0.15) is 5.75 Å². The van der Waals surface area contributed by atoms with Crippen LogP contribution in [-0.4, -0.2) is 48.8 Å². The highest BCUT2D eigenvalue weighted by molar-refractivity contribution is 5.79. The van der Waals surface area contributed by atoms with Crippen molar-refractivity contribution < 1.29 is 14.6 Å². The molecule has 0 aromatic heterocycles. The van der Waals surface area contributed by atoms with Gasteiger partial charge in [-0.3, -0.25) is 9.69 Å². The molecular weight excluding hydrogens is 304 g/mol. The van der Waals surface area contributed by atoms with Gasteiger partial charge < -0.3 is 15.2 Å². The summed E-state index contributed by atoms with van der Waals surface area (Å²) in [7, 11) is 0. The van der Waals surface area contributed by atoms with Gasteiger partial charge in [-0.2, -0.15) is 0 Å². The van der Waals surface area contributed by atoms with Crippen LogP contribution in [0.4, 0.5) is 0 Å². The number of benzene rings is 1. The Kier molecular flexibility index (Phi) is 7.53. The zero-order chi connectivity index (χ0) is 17.4. The highest BCUT2D eigenvalue weighted by Crippen LogP contribution is 2.20. The van der Waals surface area contributed by atoms with Crippen molar-refractivity contribution in [1.29, 1.82) is 0 Å². The smallest absolute Gasteiger partial charge is 0.225 e. The van der Waals surface area contributed by atoms with Gasteiger partial charge in [-0.25, -0.2) is 0 Å². The number of aliphatic hydroxyl groups excluding tert-OH is 1. The third kappa shape index (κ3) is 6.13. The van der Waals surface area contributed by atoms with Crippen molar-refractivity contribution in [1.82, 2.24) is 10.2 Å². The number of nitrogens with one attached hydrogen (secondary N) is 1. The second-order valence-electron chi connectivity index (χ2n) is 6.93. The highest BCUT2D eigenvalue weighted by Gasteiger charge is 2.32. The van der Waals surface area contributed by atoms with E-state index < -0.39 is 0 Å². The molecule has 5 heteroatoms. The molecular formula is C19H30N2O3. The number of carbonyl (C=O) groups excluding carboxylic acids is 1. The van der Waals surface area contributed by atoms with Crippen molar-refractivity contribution in [2.75, 3.05) is 32.8 Å². The third-order valence-corrected chi connectivity index (χ3v) is 4.26. The minimum absolute atomic E-state index is 0.0855. The molecule has 1 aromatic rings. The molecule has 1 saturated heterocycles. The summed E-state index contributed by atoms with van der Waals surface area (Å²) in [6.45, 7) is 8.30. The first-order valence-corrected chi connectivity index (χ1v) is 8.91. The van der Waals surface area contributed by atoms with Gasteiger partial charge in [-0.1, -0.05) is 26.0 Å². The summed E-state index contributed by atoms with van der Waals surface area (Å²) < 4.78 is 5.73. The number of likely N-dealkylation sites (tertiary alicyclic amines) is 1. The van der Waals surface area contributed by atoms with E-state index in [2.05, 4.69) is 36.2 Å². The van der Waals surface area contributed by atoms with Crippen LogP contribution in [0.25, 0.3) is 0 Å². The number of carbonyl (C=O) groups is 1. The molecule has 1 heterocycles. The van der Waals surface area contributed by atoms with Crippen LogP contribution in [0.2, 0.25) is 0 Å². The van der Waals surface area contributed by atoms with Crippen molar-refractivity contribution in [2.45, 2.75) is 33.2 Å². The number of hydrogen-bond donors (Lipinski definition) is 2. The molecule has 0 radical (unpaired) electrons. The standard InChI is InChI=1S/C19H30N2O3/c1-15(2)8-11-24-18-6-4-16(5-7-18)12-21-13-17(14-21)19(23)20-9-3-10-22/h4-7,15,17,22H,3,8-14H2,1-2H3,(H,20,23). The molecule has 0 spiro atoms. The molecule has 1 fully saturated rings. The van der Waals surface area contributed by atoms with Crippen LogP contribution >= 0.6 is 0 Å². The van der Waals surface area contributed by atoms with Gasteiger partial charge >= 0.3 is 0 Å². The van der Waals surface area contributed by atoms with Gasteiger partial charge in [-0.15, -0.1) is 0 Å². The van der Waals surface area contributed by atoms with Crippen molar-refractivity contribution in [3.8, 4) is 5.75 Å². The minimum atomic E-state index is 0.0855. The SMILES string of the molecule is CC(C)CCOc1ccc(CN2CC(C(=O)NCCCO)C2)cc1. The summed E-state index contributed by atoms with van der Waals surface area (Å²) in [4.78, 5) is 14.1. The molecule has 2 rings (SSSR count). The molecule has 134 valence electrons. The number of nitrogens with zero attached hydrogens (tertiary/aromatic N) is 1. The third-order valence-electron chi connectivity index (χ3n) is 4.26. The summed E-state index contributed by atoms with van der Waals surface area (Å²) in [5.41, 5.74) is 1.24. The predicted octanol–water partition coefficient (Wildman–Crippen LogP) is 2.04. The van der Waals surface area contributed by atoms with Gasteiger partial charge in [0.15, 0.2) is 0 Å². The normalized spacial score (nSPS) is 15.3. The summed E-state index contributed by atoms with van der Waals surface area (Å²) in [6.07, 6.45) is 1.69. The average molecular weight is 334 g/mol. The molecule has 0 saturated carbocycles. The number of hydrogen-bond acceptors (Lipinski definition) is 4. The van der Waals surface area contributed by atoms with Crippen molar-refractivity contribution in [2.24, 2.45) is 11.8 Å². The van der Waals surface area contributed by atoms with Gasteiger partial charge in [0.25, 0.3) is 0 Å². The molecule has 1 aliphatic heterocycles. The number of aliphatic hydroxyl groups is 1. The van der Waals surface area contributed by atoms with E-state index in [1.165, 1.54) is 5.56 Å². The van der Waals surface area contributed by atoms with Crippen LogP contribution in [0.5, 0.6) is 5.75 Å². The van der Waals surface area contributed by atoms with E-state index in [9.17, 15) is 4.79 Å². The molecule has 5 nitrogen and oxygen atoms in total. The van der Waals surface area contributed by atoms with Crippen LogP contribution in [0.1, 0.15) is 32.3 Å². The maximum absolute atomic E-state index is 11.9. The van der Waals surface area contributed by atoms with Crippen LogP contribution in [0.15, 0.2) is 24.3 Å². The molecule has 0 unspecified atom stereocenters. The Morgan fingerprint density at radius 1 is 1.33 bits per heavy atom. The van der Waals surface area contributed by atoms with Crippen molar-refractivity contribution in [3.63, 3.8) is 0 Å². The van der Waals surface area contributed by atoms with Gasteiger partial charge in [0.2, 0.25) is 5.91 Å². The summed E-state index contributed by atoms with van der Waals surface area (Å²) in [6, 6.07) is 8.24. The zero-order valence-electron chi connectivity index (χ0n) is 14.8. The van der Waals surface area contributed by atoms with E-state index in [1.807, 2.05) is 12.1 Å². The van der Waals surface area contributed by atoms with Crippen LogP contribution in [0.3, 0.4) is 0 Å². The molecule has 24 heavy (non-hydrogen) atoms. The summed E-state index contributed by atoms with van der Waals surface area (Å²) in [5, 5.41) is 11.6. The Morgan fingerprint density at radius 2 is 2.04 bits per heavy atom. The lowest BCUT2D eigenvalue weighted by atomic mass is 9.98.